The molecule has 1 atom stereocenters. The standard InChI is InChI=1S/C50H84O6/c1-4-7-10-13-16-19-22-24-25-27-28-31-34-37-40-43-49(52)55-46-47(45-54-48(51)42-39-36-33-30-21-18-15-12-9-6-3)56-50(53)44-41-38-35-32-29-26-23-20-17-14-11-8-5-2/h8,11,14,17,19-20,22-23,26,29,32,35,47H,4-7,9-10,12-13,15-16,18,21,24-25,27-28,30-31,33-34,36-46H2,1-3H3/b11-8-,17-14-,22-19-,23-20-,29-26-,35-32-. The SMILES string of the molecule is CC\C=C/C=C\C=C/C=C\C=C/CCCC(=O)OC(COC(=O)CCCCCCCCC/C=C\CCCCCC)COC(=O)CCCCCCCCCCCC. The highest BCUT2D eigenvalue weighted by atomic mass is 16.6. The molecule has 0 rings (SSSR count). The molecule has 0 saturated carbocycles. The summed E-state index contributed by atoms with van der Waals surface area (Å²) in [6, 6.07) is 0. The Bertz CT molecular complexity index is 1080. The van der Waals surface area contributed by atoms with Crippen LogP contribution in [0.25, 0.3) is 0 Å². The van der Waals surface area contributed by atoms with E-state index in [0.717, 1.165) is 51.4 Å². The highest BCUT2D eigenvalue weighted by molar-refractivity contribution is 5.71. The molecule has 0 amide bonds. The normalized spacial score (nSPS) is 12.7. The number of carbonyl (C=O) groups is 3. The average molecular weight is 781 g/mol. The number of rotatable bonds is 40. The zero-order chi connectivity index (χ0) is 40.8. The average Bonchev–Trinajstić information content (AvgIpc) is 3.19. The quantitative estimate of drug-likeness (QED) is 0.0203. The summed E-state index contributed by atoms with van der Waals surface area (Å²) in [4.78, 5) is 37.7. The highest BCUT2D eigenvalue weighted by Gasteiger charge is 2.19. The van der Waals surface area contributed by atoms with Gasteiger partial charge in [-0.25, -0.2) is 0 Å². The third-order valence-corrected chi connectivity index (χ3v) is 9.57. The van der Waals surface area contributed by atoms with Gasteiger partial charge in [0.05, 0.1) is 0 Å². The van der Waals surface area contributed by atoms with E-state index in [2.05, 4.69) is 39.0 Å². The van der Waals surface area contributed by atoms with Crippen molar-refractivity contribution in [1.29, 1.82) is 0 Å². The number of esters is 3. The van der Waals surface area contributed by atoms with Crippen molar-refractivity contribution < 1.29 is 28.6 Å². The van der Waals surface area contributed by atoms with Crippen molar-refractivity contribution in [1.82, 2.24) is 0 Å². The number of hydrogen-bond donors (Lipinski definition) is 0. The third-order valence-electron chi connectivity index (χ3n) is 9.57. The van der Waals surface area contributed by atoms with Crippen LogP contribution in [-0.2, 0) is 28.6 Å². The molecule has 56 heavy (non-hydrogen) atoms. The molecule has 0 spiro atoms. The number of allylic oxidation sites excluding steroid dienone is 12. The van der Waals surface area contributed by atoms with Crippen LogP contribution in [0, 0.1) is 0 Å². The maximum atomic E-state index is 12.7. The molecule has 0 radical (unpaired) electrons. The van der Waals surface area contributed by atoms with Crippen molar-refractivity contribution in [2.75, 3.05) is 13.2 Å². The van der Waals surface area contributed by atoms with Gasteiger partial charge in [0, 0.05) is 19.3 Å². The lowest BCUT2D eigenvalue weighted by molar-refractivity contribution is -0.167. The Balaban J connectivity index is 4.48. The first kappa shape index (κ1) is 52.9. The molecule has 320 valence electrons. The second-order valence-electron chi connectivity index (χ2n) is 15.1. The van der Waals surface area contributed by atoms with E-state index in [0.29, 0.717) is 19.3 Å². The number of hydrogen-bond acceptors (Lipinski definition) is 6. The molecular weight excluding hydrogens is 697 g/mol. The van der Waals surface area contributed by atoms with Gasteiger partial charge in [0.15, 0.2) is 6.10 Å². The predicted molar refractivity (Wildman–Crippen MR) is 238 cm³/mol. The largest absolute Gasteiger partial charge is 0.462 e. The molecule has 0 heterocycles. The summed E-state index contributed by atoms with van der Waals surface area (Å²) in [5.41, 5.74) is 0. The minimum absolute atomic E-state index is 0.105. The zero-order valence-corrected chi connectivity index (χ0v) is 36.4. The molecule has 6 heteroatoms. The molecule has 0 bridgehead atoms. The monoisotopic (exact) mass is 781 g/mol. The van der Waals surface area contributed by atoms with Crippen molar-refractivity contribution in [2.45, 2.75) is 213 Å². The summed E-state index contributed by atoms with van der Waals surface area (Å²) in [5.74, 6) is -0.990. The first-order valence-electron chi connectivity index (χ1n) is 23.0. The first-order chi connectivity index (χ1) is 27.5. The Morgan fingerprint density at radius 3 is 1.20 bits per heavy atom. The molecule has 0 aliphatic rings. The highest BCUT2D eigenvalue weighted by Crippen LogP contribution is 2.14. The van der Waals surface area contributed by atoms with Crippen LogP contribution in [0.1, 0.15) is 207 Å². The van der Waals surface area contributed by atoms with Crippen LogP contribution in [0.4, 0.5) is 0 Å². The summed E-state index contributed by atoms with van der Waals surface area (Å²) >= 11 is 0. The van der Waals surface area contributed by atoms with Crippen LogP contribution in [0.5, 0.6) is 0 Å². The van der Waals surface area contributed by atoms with Gasteiger partial charge < -0.3 is 14.2 Å². The van der Waals surface area contributed by atoms with Gasteiger partial charge in [0.25, 0.3) is 0 Å². The summed E-state index contributed by atoms with van der Waals surface area (Å²) in [5, 5.41) is 0. The lowest BCUT2D eigenvalue weighted by Crippen LogP contribution is -2.30. The van der Waals surface area contributed by atoms with E-state index in [1.807, 2.05) is 54.7 Å². The lowest BCUT2D eigenvalue weighted by atomic mass is 10.1. The maximum Gasteiger partial charge on any atom is 0.306 e. The molecule has 0 aliphatic carbocycles. The van der Waals surface area contributed by atoms with Crippen LogP contribution in [-0.4, -0.2) is 37.2 Å². The predicted octanol–water partition coefficient (Wildman–Crippen LogP) is 14.7. The summed E-state index contributed by atoms with van der Waals surface area (Å²) in [6.07, 6.45) is 54.6. The first-order valence-corrected chi connectivity index (χ1v) is 23.0. The van der Waals surface area contributed by atoms with Crippen LogP contribution in [0.3, 0.4) is 0 Å². The molecular formula is C50H84O6. The van der Waals surface area contributed by atoms with Crippen molar-refractivity contribution in [3.05, 3.63) is 72.9 Å². The van der Waals surface area contributed by atoms with E-state index in [9.17, 15) is 14.4 Å². The van der Waals surface area contributed by atoms with Gasteiger partial charge in [-0.2, -0.15) is 0 Å². The van der Waals surface area contributed by atoms with Crippen LogP contribution in [0.2, 0.25) is 0 Å². The van der Waals surface area contributed by atoms with Gasteiger partial charge in [0.1, 0.15) is 13.2 Å². The second-order valence-corrected chi connectivity index (χ2v) is 15.1. The fourth-order valence-corrected chi connectivity index (χ4v) is 6.11. The van der Waals surface area contributed by atoms with Gasteiger partial charge in [-0.15, -0.1) is 0 Å². The Kier molecular flexibility index (Phi) is 42.1. The van der Waals surface area contributed by atoms with E-state index < -0.39 is 6.10 Å². The van der Waals surface area contributed by atoms with Crippen molar-refractivity contribution in [3.63, 3.8) is 0 Å². The van der Waals surface area contributed by atoms with Gasteiger partial charge in [-0.1, -0.05) is 203 Å². The van der Waals surface area contributed by atoms with Gasteiger partial charge in [-0.3, -0.25) is 14.4 Å². The number of carbonyl (C=O) groups excluding carboxylic acids is 3. The molecule has 0 aromatic carbocycles. The second kappa shape index (κ2) is 44.6. The zero-order valence-electron chi connectivity index (χ0n) is 36.4. The van der Waals surface area contributed by atoms with E-state index >= 15 is 0 Å². The maximum absolute atomic E-state index is 12.7. The van der Waals surface area contributed by atoms with Crippen molar-refractivity contribution in [2.24, 2.45) is 0 Å². The van der Waals surface area contributed by atoms with Gasteiger partial charge in [0.2, 0.25) is 0 Å². The van der Waals surface area contributed by atoms with Gasteiger partial charge >= 0.3 is 17.9 Å². The minimum Gasteiger partial charge on any atom is -0.462 e. The smallest absolute Gasteiger partial charge is 0.306 e. The van der Waals surface area contributed by atoms with Crippen LogP contribution in [0.15, 0.2) is 72.9 Å². The van der Waals surface area contributed by atoms with Crippen LogP contribution < -0.4 is 0 Å². The third kappa shape index (κ3) is 42.0. The van der Waals surface area contributed by atoms with Gasteiger partial charge in [-0.05, 0) is 57.8 Å². The fourth-order valence-electron chi connectivity index (χ4n) is 6.11. The van der Waals surface area contributed by atoms with E-state index in [1.54, 1.807) is 0 Å². The molecule has 0 N–H and O–H groups in total. The Labute approximate surface area is 344 Å². The molecule has 0 fully saturated rings. The van der Waals surface area contributed by atoms with E-state index in [1.165, 1.54) is 109 Å². The number of unbranched alkanes of at least 4 members (excludes halogenated alkanes) is 21. The van der Waals surface area contributed by atoms with Crippen molar-refractivity contribution in [3.8, 4) is 0 Å². The number of ether oxygens (including phenoxy) is 3. The minimum atomic E-state index is -0.809. The molecule has 0 saturated heterocycles. The summed E-state index contributed by atoms with van der Waals surface area (Å²) in [6.45, 7) is 6.39. The Morgan fingerprint density at radius 1 is 0.375 bits per heavy atom. The Hall–Kier alpha value is -3.15. The van der Waals surface area contributed by atoms with Crippen LogP contribution >= 0.6 is 0 Å². The Morgan fingerprint density at radius 2 is 0.732 bits per heavy atom. The molecule has 1 unspecified atom stereocenters. The van der Waals surface area contributed by atoms with E-state index in [4.69, 9.17) is 14.2 Å². The van der Waals surface area contributed by atoms with Crippen molar-refractivity contribution >= 4 is 17.9 Å². The lowest BCUT2D eigenvalue weighted by Gasteiger charge is -2.18. The molecule has 0 aliphatic heterocycles. The van der Waals surface area contributed by atoms with E-state index in [-0.39, 0.29) is 37.5 Å². The summed E-state index contributed by atoms with van der Waals surface area (Å²) < 4.78 is 16.6. The fraction of sp³-hybridized carbons (Fsp3) is 0.700. The summed E-state index contributed by atoms with van der Waals surface area (Å²) in [7, 11) is 0. The molecule has 0 aromatic rings. The molecule has 6 nitrogen and oxygen atoms in total. The molecule has 0 aromatic heterocycles. The topological polar surface area (TPSA) is 78.9 Å².